The van der Waals surface area contributed by atoms with Crippen molar-refractivity contribution in [3.63, 3.8) is 0 Å². The molecule has 1 atom stereocenters. The van der Waals surface area contributed by atoms with Gasteiger partial charge < -0.3 is 4.74 Å². The fourth-order valence-electron chi connectivity index (χ4n) is 2.25. The molecule has 1 aliphatic heterocycles. The van der Waals surface area contributed by atoms with Crippen LogP contribution in [-0.4, -0.2) is 38.4 Å². The number of sulfonamides is 1. The quantitative estimate of drug-likeness (QED) is 0.779. The number of carbonyl (C=O) groups excluding carboxylic acids is 1. The molecule has 5 nitrogen and oxygen atoms in total. The lowest BCUT2D eigenvalue weighted by molar-refractivity contribution is -0.149. The van der Waals surface area contributed by atoms with E-state index < -0.39 is 10.0 Å². The fraction of sp³-hybridized carbons (Fsp3) is 0.533. The van der Waals surface area contributed by atoms with Crippen LogP contribution < -0.4 is 0 Å². The monoisotopic (exact) mass is 311 g/mol. The Morgan fingerprint density at radius 2 is 2.00 bits per heavy atom. The van der Waals surface area contributed by atoms with Crippen molar-refractivity contribution in [3.05, 3.63) is 30.3 Å². The zero-order valence-corrected chi connectivity index (χ0v) is 13.2. The summed E-state index contributed by atoms with van der Waals surface area (Å²) < 4.78 is 31.4. The number of ether oxygens (including phenoxy) is 1. The minimum atomic E-state index is -3.51. The normalized spacial score (nSPS) is 19.9. The fourth-order valence-corrected chi connectivity index (χ4v) is 3.77. The Balaban J connectivity index is 2.01. The largest absolute Gasteiger partial charge is 0.465 e. The van der Waals surface area contributed by atoms with Crippen LogP contribution in [0.3, 0.4) is 0 Å². The van der Waals surface area contributed by atoms with Crippen LogP contribution in [0.1, 0.15) is 20.3 Å². The van der Waals surface area contributed by atoms with Gasteiger partial charge in [-0.1, -0.05) is 32.0 Å². The molecule has 0 aliphatic carbocycles. The van der Waals surface area contributed by atoms with Crippen LogP contribution in [0, 0.1) is 11.8 Å². The van der Waals surface area contributed by atoms with E-state index in [1.165, 1.54) is 4.31 Å². The van der Waals surface area contributed by atoms with Gasteiger partial charge in [-0.2, -0.15) is 4.31 Å². The van der Waals surface area contributed by atoms with Crippen LogP contribution >= 0.6 is 0 Å². The zero-order chi connectivity index (χ0) is 15.5. The maximum atomic E-state index is 12.4. The molecule has 1 aliphatic rings. The Kier molecular flexibility index (Phi) is 5.00. The molecule has 1 aromatic carbocycles. The highest BCUT2D eigenvalue weighted by Gasteiger charge is 2.36. The smallest absolute Gasteiger partial charge is 0.310 e. The molecule has 0 N–H and O–H groups in total. The van der Waals surface area contributed by atoms with Crippen molar-refractivity contribution in [1.82, 2.24) is 4.31 Å². The second-order valence-corrected chi connectivity index (χ2v) is 7.62. The van der Waals surface area contributed by atoms with Crippen molar-refractivity contribution in [2.45, 2.75) is 25.2 Å². The SMILES string of the molecule is CC(C)COC(=O)C1CCN(S(=O)(=O)c2ccccc2)C1. The van der Waals surface area contributed by atoms with Crippen LogP contribution in [0.2, 0.25) is 0 Å². The van der Waals surface area contributed by atoms with Crippen molar-refractivity contribution >= 4 is 16.0 Å². The summed E-state index contributed by atoms with van der Waals surface area (Å²) in [5, 5.41) is 0. The second kappa shape index (κ2) is 6.58. The predicted octanol–water partition coefficient (Wildman–Crippen LogP) is 1.90. The van der Waals surface area contributed by atoms with Gasteiger partial charge in [-0.3, -0.25) is 4.79 Å². The van der Waals surface area contributed by atoms with E-state index in [2.05, 4.69) is 0 Å². The maximum absolute atomic E-state index is 12.4. The van der Waals surface area contributed by atoms with Gasteiger partial charge in [0.2, 0.25) is 10.0 Å². The Hall–Kier alpha value is -1.40. The van der Waals surface area contributed by atoms with E-state index in [-0.39, 0.29) is 29.2 Å². The first-order valence-electron chi connectivity index (χ1n) is 7.13. The minimum absolute atomic E-state index is 0.203. The summed E-state index contributed by atoms with van der Waals surface area (Å²) in [5.41, 5.74) is 0. The topological polar surface area (TPSA) is 63.7 Å². The summed E-state index contributed by atoms with van der Waals surface area (Å²) in [6.07, 6.45) is 0.517. The van der Waals surface area contributed by atoms with Crippen molar-refractivity contribution < 1.29 is 17.9 Å². The number of hydrogen-bond acceptors (Lipinski definition) is 4. The Morgan fingerprint density at radius 3 is 2.62 bits per heavy atom. The van der Waals surface area contributed by atoms with Gasteiger partial charge in [0.25, 0.3) is 0 Å². The molecule has 1 saturated heterocycles. The maximum Gasteiger partial charge on any atom is 0.310 e. The van der Waals surface area contributed by atoms with Crippen LogP contribution in [0.4, 0.5) is 0 Å². The van der Waals surface area contributed by atoms with Crippen LogP contribution in [0.5, 0.6) is 0 Å². The average Bonchev–Trinajstić information content (AvgIpc) is 2.96. The number of rotatable bonds is 5. The lowest BCUT2D eigenvalue weighted by Gasteiger charge is -2.16. The third-order valence-electron chi connectivity index (χ3n) is 3.42. The van der Waals surface area contributed by atoms with Gasteiger partial charge in [0.1, 0.15) is 0 Å². The first-order valence-corrected chi connectivity index (χ1v) is 8.57. The van der Waals surface area contributed by atoms with E-state index >= 15 is 0 Å². The van der Waals surface area contributed by atoms with E-state index in [9.17, 15) is 13.2 Å². The minimum Gasteiger partial charge on any atom is -0.465 e. The molecular formula is C15H21NO4S. The van der Waals surface area contributed by atoms with Crippen molar-refractivity contribution in [3.8, 4) is 0 Å². The highest BCUT2D eigenvalue weighted by Crippen LogP contribution is 2.25. The standard InChI is InChI=1S/C15H21NO4S/c1-12(2)11-20-15(17)13-8-9-16(10-13)21(18,19)14-6-4-3-5-7-14/h3-7,12-13H,8-11H2,1-2H3. The van der Waals surface area contributed by atoms with Crippen LogP contribution in [0.25, 0.3) is 0 Å². The molecular weight excluding hydrogens is 290 g/mol. The summed E-state index contributed by atoms with van der Waals surface area (Å²) in [4.78, 5) is 12.2. The van der Waals surface area contributed by atoms with Gasteiger partial charge in [0.05, 0.1) is 17.4 Å². The number of esters is 1. The van der Waals surface area contributed by atoms with E-state index in [1.54, 1.807) is 30.3 Å². The summed E-state index contributed by atoms with van der Waals surface area (Å²) in [7, 11) is -3.51. The molecule has 116 valence electrons. The number of benzene rings is 1. The van der Waals surface area contributed by atoms with Crippen molar-refractivity contribution in [2.75, 3.05) is 19.7 Å². The molecule has 0 amide bonds. The molecule has 6 heteroatoms. The molecule has 1 unspecified atom stereocenters. The highest BCUT2D eigenvalue weighted by atomic mass is 32.2. The third-order valence-corrected chi connectivity index (χ3v) is 5.30. The van der Waals surface area contributed by atoms with E-state index in [4.69, 9.17) is 4.74 Å². The summed E-state index contributed by atoms with van der Waals surface area (Å²) in [5.74, 6) is -0.379. The Morgan fingerprint density at radius 1 is 1.33 bits per heavy atom. The van der Waals surface area contributed by atoms with Crippen LogP contribution in [-0.2, 0) is 19.6 Å². The van der Waals surface area contributed by atoms with Gasteiger partial charge in [-0.15, -0.1) is 0 Å². The van der Waals surface area contributed by atoms with E-state index in [0.29, 0.717) is 19.6 Å². The molecule has 0 bridgehead atoms. The molecule has 1 fully saturated rings. The Bertz CT molecular complexity index is 583. The van der Waals surface area contributed by atoms with E-state index in [0.717, 1.165) is 0 Å². The summed E-state index contributed by atoms with van der Waals surface area (Å²) in [6.45, 7) is 4.87. The lowest BCUT2D eigenvalue weighted by Crippen LogP contribution is -2.30. The molecule has 0 saturated carbocycles. The predicted molar refractivity (Wildman–Crippen MR) is 79.1 cm³/mol. The lowest BCUT2D eigenvalue weighted by atomic mass is 10.1. The molecule has 2 rings (SSSR count). The molecule has 0 radical (unpaired) electrons. The van der Waals surface area contributed by atoms with Gasteiger partial charge >= 0.3 is 5.97 Å². The van der Waals surface area contributed by atoms with Crippen molar-refractivity contribution in [2.24, 2.45) is 11.8 Å². The van der Waals surface area contributed by atoms with Gasteiger partial charge in [-0.05, 0) is 24.5 Å². The highest BCUT2D eigenvalue weighted by molar-refractivity contribution is 7.89. The summed E-state index contributed by atoms with van der Waals surface area (Å²) in [6, 6.07) is 8.29. The first kappa shape index (κ1) is 16.0. The second-order valence-electron chi connectivity index (χ2n) is 5.69. The number of hydrogen-bond donors (Lipinski definition) is 0. The van der Waals surface area contributed by atoms with Gasteiger partial charge in [0, 0.05) is 13.1 Å². The molecule has 21 heavy (non-hydrogen) atoms. The average molecular weight is 311 g/mol. The summed E-state index contributed by atoms with van der Waals surface area (Å²) >= 11 is 0. The molecule has 1 heterocycles. The van der Waals surface area contributed by atoms with Gasteiger partial charge in [-0.25, -0.2) is 8.42 Å². The molecule has 0 aromatic heterocycles. The molecule has 0 spiro atoms. The van der Waals surface area contributed by atoms with Crippen LogP contribution in [0.15, 0.2) is 35.2 Å². The number of nitrogens with zero attached hydrogens (tertiary/aromatic N) is 1. The van der Waals surface area contributed by atoms with E-state index in [1.807, 2.05) is 13.8 Å². The van der Waals surface area contributed by atoms with Crippen molar-refractivity contribution in [1.29, 1.82) is 0 Å². The third kappa shape index (κ3) is 3.83. The van der Waals surface area contributed by atoms with Gasteiger partial charge in [0.15, 0.2) is 0 Å². The zero-order valence-electron chi connectivity index (χ0n) is 12.4. The first-order chi connectivity index (χ1) is 9.91. The Labute approximate surface area is 126 Å². The number of carbonyl (C=O) groups is 1. The molecule has 1 aromatic rings.